The maximum Gasteiger partial charge on any atom is 0.417 e. The number of nitrogens with zero attached hydrogens (tertiary/aromatic N) is 2. The van der Waals surface area contributed by atoms with Crippen LogP contribution in [0.5, 0.6) is 11.5 Å². The van der Waals surface area contributed by atoms with Crippen LogP contribution in [0.25, 0.3) is 22.3 Å². The number of hydrogen-bond donors (Lipinski definition) is 2. The minimum absolute atomic E-state index is 0.0324. The largest absolute Gasteiger partial charge is 0.481 e. The summed E-state index contributed by atoms with van der Waals surface area (Å²) in [5, 5.41) is 9.67. The fourth-order valence-corrected chi connectivity index (χ4v) is 4.65. The molecule has 1 fully saturated rings. The molecule has 0 radical (unpaired) electrons. The first kappa shape index (κ1) is 25.3. The van der Waals surface area contributed by atoms with E-state index in [0.717, 1.165) is 34.3 Å². The predicted octanol–water partition coefficient (Wildman–Crippen LogP) is 6.35. The summed E-state index contributed by atoms with van der Waals surface area (Å²) < 4.78 is 45.1. The third kappa shape index (κ3) is 5.20. The van der Waals surface area contributed by atoms with E-state index < -0.39 is 17.7 Å². The second-order valence-corrected chi connectivity index (χ2v) is 9.29. The van der Waals surface area contributed by atoms with Gasteiger partial charge in [0.05, 0.1) is 23.0 Å². The molecule has 1 amide bonds. The van der Waals surface area contributed by atoms with Crippen LogP contribution in [0.4, 0.5) is 13.2 Å². The van der Waals surface area contributed by atoms with Gasteiger partial charge in [-0.2, -0.15) is 13.2 Å². The maximum atomic E-state index is 12.9. The number of carbonyl (C=O) groups is 2. The van der Waals surface area contributed by atoms with E-state index >= 15 is 0 Å². The zero-order valence-corrected chi connectivity index (χ0v) is 20.4. The van der Waals surface area contributed by atoms with Gasteiger partial charge < -0.3 is 19.7 Å². The van der Waals surface area contributed by atoms with E-state index in [9.17, 15) is 22.8 Å². The molecule has 2 N–H and O–H groups in total. The Hall–Kier alpha value is -4.34. The summed E-state index contributed by atoms with van der Waals surface area (Å²) in [4.78, 5) is 32.0. The van der Waals surface area contributed by atoms with Crippen molar-refractivity contribution in [2.24, 2.45) is 0 Å². The van der Waals surface area contributed by atoms with E-state index in [1.165, 1.54) is 6.07 Å². The molecule has 0 bridgehead atoms. The van der Waals surface area contributed by atoms with E-state index in [0.29, 0.717) is 42.1 Å². The Labute approximate surface area is 215 Å². The highest BCUT2D eigenvalue weighted by Gasteiger charge is 2.32. The van der Waals surface area contributed by atoms with Crippen LogP contribution in [-0.2, 0) is 22.2 Å². The standard InChI is InChI=1S/C28H24F3N3O4/c1-34-24(9-10-26(34)35)20-14-22-17(12-23(33-22)21-8-5-18(15-32-21)28(29,30)31)13-25(20)38-19-6-2-16(3-7-19)4-11-27(36)37/h2-3,5-8,12-15,24,33H,4,9-11H2,1H3,(H,36,37). The van der Waals surface area contributed by atoms with Crippen LogP contribution in [0, 0.1) is 0 Å². The van der Waals surface area contributed by atoms with Crippen molar-refractivity contribution in [3.8, 4) is 22.9 Å². The number of carboxylic acid groups (broad SMARTS) is 1. The minimum Gasteiger partial charge on any atom is -0.481 e. The molecular weight excluding hydrogens is 499 g/mol. The third-order valence-corrected chi connectivity index (χ3v) is 6.75. The molecule has 1 aliphatic rings. The molecule has 5 rings (SSSR count). The number of hydrogen-bond acceptors (Lipinski definition) is 4. The van der Waals surface area contributed by atoms with E-state index in [1.54, 1.807) is 30.1 Å². The van der Waals surface area contributed by atoms with Crippen LogP contribution in [0.1, 0.15) is 42.0 Å². The second-order valence-electron chi connectivity index (χ2n) is 9.29. The van der Waals surface area contributed by atoms with E-state index in [4.69, 9.17) is 9.84 Å². The summed E-state index contributed by atoms with van der Waals surface area (Å²) in [6.07, 6.45) is -2.17. The Bertz CT molecular complexity index is 1500. The molecule has 1 saturated heterocycles. The van der Waals surface area contributed by atoms with Crippen molar-refractivity contribution in [2.75, 3.05) is 7.05 Å². The number of rotatable bonds is 7. The summed E-state index contributed by atoms with van der Waals surface area (Å²) in [6.45, 7) is 0. The van der Waals surface area contributed by atoms with Crippen molar-refractivity contribution < 1.29 is 32.6 Å². The van der Waals surface area contributed by atoms with E-state index in [2.05, 4.69) is 9.97 Å². The van der Waals surface area contributed by atoms with Gasteiger partial charge in [-0.3, -0.25) is 14.6 Å². The fourth-order valence-electron chi connectivity index (χ4n) is 4.65. The van der Waals surface area contributed by atoms with Gasteiger partial charge in [0.1, 0.15) is 11.5 Å². The third-order valence-electron chi connectivity index (χ3n) is 6.75. The molecule has 3 heterocycles. The highest BCUT2D eigenvalue weighted by Crippen LogP contribution is 2.41. The lowest BCUT2D eigenvalue weighted by atomic mass is 10.0. The lowest BCUT2D eigenvalue weighted by molar-refractivity contribution is -0.138. The second kappa shape index (κ2) is 9.85. The van der Waals surface area contributed by atoms with Crippen LogP contribution in [0.2, 0.25) is 0 Å². The fraction of sp³-hybridized carbons (Fsp3) is 0.250. The molecule has 0 aliphatic carbocycles. The van der Waals surface area contributed by atoms with Gasteiger partial charge in [0.25, 0.3) is 0 Å². The number of aromatic nitrogens is 2. The number of aryl methyl sites for hydroxylation is 1. The number of benzene rings is 2. The van der Waals surface area contributed by atoms with Gasteiger partial charge >= 0.3 is 12.1 Å². The maximum absolute atomic E-state index is 12.9. The van der Waals surface area contributed by atoms with Crippen LogP contribution < -0.4 is 4.74 Å². The molecule has 0 saturated carbocycles. The SMILES string of the molecule is CN1C(=O)CCC1c1cc2[nH]c(-c3ccc(C(F)(F)F)cn3)cc2cc1Oc1ccc(CCC(=O)O)cc1. The lowest BCUT2D eigenvalue weighted by Gasteiger charge is -2.23. The highest BCUT2D eigenvalue weighted by molar-refractivity contribution is 5.88. The van der Waals surface area contributed by atoms with Crippen molar-refractivity contribution in [1.82, 2.24) is 14.9 Å². The van der Waals surface area contributed by atoms with Crippen molar-refractivity contribution in [3.63, 3.8) is 0 Å². The van der Waals surface area contributed by atoms with Gasteiger partial charge in [0, 0.05) is 42.6 Å². The molecule has 7 nitrogen and oxygen atoms in total. The Morgan fingerprint density at radius 1 is 1.16 bits per heavy atom. The average molecular weight is 524 g/mol. The molecule has 10 heteroatoms. The Balaban J connectivity index is 1.50. The molecule has 4 aromatic rings. The van der Waals surface area contributed by atoms with Gasteiger partial charge in [-0.1, -0.05) is 12.1 Å². The van der Waals surface area contributed by atoms with Crippen LogP contribution in [0.15, 0.2) is 60.8 Å². The van der Waals surface area contributed by atoms with E-state index in [-0.39, 0.29) is 18.4 Å². The Morgan fingerprint density at radius 2 is 1.92 bits per heavy atom. The first-order chi connectivity index (χ1) is 18.1. The number of aliphatic carboxylic acids is 1. The number of halogens is 3. The quantitative estimate of drug-likeness (QED) is 0.294. The van der Waals surface area contributed by atoms with Crippen molar-refractivity contribution in [2.45, 2.75) is 37.9 Å². The lowest BCUT2D eigenvalue weighted by Crippen LogP contribution is -2.22. The number of fused-ring (bicyclic) bond motifs is 1. The minimum atomic E-state index is -4.47. The summed E-state index contributed by atoms with van der Waals surface area (Å²) >= 11 is 0. The Kier molecular flexibility index (Phi) is 6.56. The number of pyridine rings is 1. The summed E-state index contributed by atoms with van der Waals surface area (Å²) in [7, 11) is 1.75. The first-order valence-corrected chi connectivity index (χ1v) is 12.0. The number of H-pyrrole nitrogens is 1. The summed E-state index contributed by atoms with van der Waals surface area (Å²) in [5.74, 6) is 0.269. The number of likely N-dealkylation sites (tertiary alicyclic amines) is 1. The smallest absolute Gasteiger partial charge is 0.417 e. The average Bonchev–Trinajstić information content (AvgIpc) is 3.45. The normalized spacial score (nSPS) is 15.8. The molecule has 38 heavy (non-hydrogen) atoms. The Morgan fingerprint density at radius 3 is 2.53 bits per heavy atom. The van der Waals surface area contributed by atoms with Gasteiger partial charge in [0.15, 0.2) is 0 Å². The summed E-state index contributed by atoms with van der Waals surface area (Å²) in [6, 6.07) is 14.8. The molecule has 0 spiro atoms. The zero-order valence-electron chi connectivity index (χ0n) is 20.4. The molecule has 1 atom stereocenters. The zero-order chi connectivity index (χ0) is 27.0. The van der Waals surface area contributed by atoms with E-state index in [1.807, 2.05) is 24.3 Å². The topological polar surface area (TPSA) is 95.5 Å². The van der Waals surface area contributed by atoms with Gasteiger partial charge in [0.2, 0.25) is 5.91 Å². The van der Waals surface area contributed by atoms with Gasteiger partial charge in [-0.25, -0.2) is 0 Å². The molecule has 2 aromatic heterocycles. The number of alkyl halides is 3. The number of nitrogens with one attached hydrogen (secondary N) is 1. The number of aromatic amines is 1. The monoisotopic (exact) mass is 523 g/mol. The number of carbonyl (C=O) groups excluding carboxylic acids is 1. The molecule has 2 aromatic carbocycles. The van der Waals surface area contributed by atoms with Crippen LogP contribution >= 0.6 is 0 Å². The predicted molar refractivity (Wildman–Crippen MR) is 134 cm³/mol. The number of ether oxygens (including phenoxy) is 1. The van der Waals surface area contributed by atoms with Gasteiger partial charge in [-0.15, -0.1) is 0 Å². The molecule has 1 unspecified atom stereocenters. The highest BCUT2D eigenvalue weighted by atomic mass is 19.4. The summed E-state index contributed by atoms with van der Waals surface area (Å²) in [5.41, 5.74) is 2.50. The first-order valence-electron chi connectivity index (χ1n) is 12.0. The van der Waals surface area contributed by atoms with Crippen LogP contribution in [0.3, 0.4) is 0 Å². The van der Waals surface area contributed by atoms with Crippen molar-refractivity contribution in [1.29, 1.82) is 0 Å². The van der Waals surface area contributed by atoms with Crippen molar-refractivity contribution >= 4 is 22.8 Å². The van der Waals surface area contributed by atoms with Crippen LogP contribution in [-0.4, -0.2) is 38.9 Å². The molecule has 196 valence electrons. The molecular formula is C28H24F3N3O4. The van der Waals surface area contributed by atoms with Crippen molar-refractivity contribution in [3.05, 3.63) is 77.5 Å². The van der Waals surface area contributed by atoms with Gasteiger partial charge in [-0.05, 0) is 60.9 Å². The number of amides is 1. The molecule has 1 aliphatic heterocycles. The number of carboxylic acids is 1.